The third-order valence-corrected chi connectivity index (χ3v) is 3.95. The van der Waals surface area contributed by atoms with Gasteiger partial charge in [0.25, 0.3) is 5.91 Å². The zero-order valence-electron chi connectivity index (χ0n) is 12.1. The number of halogens is 1. The van der Waals surface area contributed by atoms with Gasteiger partial charge in [-0.3, -0.25) is 4.79 Å². The maximum atomic E-state index is 12.4. The number of aryl methyl sites for hydroxylation is 1. The number of methoxy groups -OCH3 is 1. The third-order valence-electron chi connectivity index (χ3n) is 3.45. The normalized spacial score (nSPS) is 10.7. The molecule has 0 radical (unpaired) electrons. The summed E-state index contributed by atoms with van der Waals surface area (Å²) in [6.45, 7) is 1.88. The number of anilines is 1. The molecule has 0 bridgehead atoms. The standard InChI is InChI=1S/C17H14BrNO3/c1-10-14-9-11(18)3-8-15(14)22-16(10)17(20)19-12-4-6-13(21-2)7-5-12/h3-9H,1-2H3,(H,19,20). The van der Waals surface area contributed by atoms with Crippen molar-refractivity contribution in [2.75, 3.05) is 12.4 Å². The number of amides is 1. The fraction of sp³-hybridized carbons (Fsp3) is 0.118. The fourth-order valence-electron chi connectivity index (χ4n) is 2.27. The van der Waals surface area contributed by atoms with E-state index in [2.05, 4.69) is 21.2 Å². The monoisotopic (exact) mass is 359 g/mol. The van der Waals surface area contributed by atoms with Crippen LogP contribution in [0.15, 0.2) is 51.4 Å². The molecule has 1 aromatic heterocycles. The van der Waals surface area contributed by atoms with E-state index in [1.807, 2.05) is 25.1 Å². The lowest BCUT2D eigenvalue weighted by molar-refractivity contribution is 0.0998. The molecular formula is C17H14BrNO3. The minimum atomic E-state index is -0.269. The molecular weight excluding hydrogens is 346 g/mol. The Morgan fingerprint density at radius 2 is 1.91 bits per heavy atom. The first-order chi connectivity index (χ1) is 10.6. The minimum Gasteiger partial charge on any atom is -0.497 e. The van der Waals surface area contributed by atoms with Gasteiger partial charge in [-0.15, -0.1) is 0 Å². The molecule has 0 aliphatic heterocycles. The summed E-state index contributed by atoms with van der Waals surface area (Å²) in [5.74, 6) is 0.793. The van der Waals surface area contributed by atoms with Gasteiger partial charge in [-0.05, 0) is 49.4 Å². The molecule has 0 unspecified atom stereocenters. The van der Waals surface area contributed by atoms with Gasteiger partial charge in [0.15, 0.2) is 5.76 Å². The van der Waals surface area contributed by atoms with Crippen molar-refractivity contribution in [3.05, 3.63) is 58.3 Å². The van der Waals surface area contributed by atoms with E-state index >= 15 is 0 Å². The lowest BCUT2D eigenvalue weighted by atomic mass is 10.1. The molecule has 1 heterocycles. The van der Waals surface area contributed by atoms with Crippen LogP contribution in [0.5, 0.6) is 5.75 Å². The number of furan rings is 1. The fourth-order valence-corrected chi connectivity index (χ4v) is 2.63. The Bertz CT molecular complexity index is 837. The number of carbonyl (C=O) groups is 1. The van der Waals surface area contributed by atoms with Crippen molar-refractivity contribution in [1.29, 1.82) is 0 Å². The average Bonchev–Trinajstić information content (AvgIpc) is 2.85. The molecule has 0 fully saturated rings. The highest BCUT2D eigenvalue weighted by molar-refractivity contribution is 9.10. The van der Waals surface area contributed by atoms with Crippen LogP contribution in [0.1, 0.15) is 16.1 Å². The highest BCUT2D eigenvalue weighted by Crippen LogP contribution is 2.28. The Morgan fingerprint density at radius 1 is 1.18 bits per heavy atom. The molecule has 4 nitrogen and oxygen atoms in total. The summed E-state index contributed by atoms with van der Waals surface area (Å²) >= 11 is 3.43. The van der Waals surface area contributed by atoms with Crippen LogP contribution in [0.4, 0.5) is 5.69 Å². The number of hydrogen-bond acceptors (Lipinski definition) is 3. The molecule has 1 N–H and O–H groups in total. The molecule has 0 saturated carbocycles. The first-order valence-corrected chi connectivity index (χ1v) is 7.52. The van der Waals surface area contributed by atoms with E-state index in [9.17, 15) is 4.79 Å². The summed E-state index contributed by atoms with van der Waals surface area (Å²) < 4.78 is 11.7. The lowest BCUT2D eigenvalue weighted by Crippen LogP contribution is -2.11. The highest BCUT2D eigenvalue weighted by Gasteiger charge is 2.17. The van der Waals surface area contributed by atoms with Gasteiger partial charge in [-0.2, -0.15) is 0 Å². The van der Waals surface area contributed by atoms with Gasteiger partial charge in [0.05, 0.1) is 7.11 Å². The first kappa shape index (κ1) is 14.7. The summed E-state index contributed by atoms with van der Waals surface area (Å²) in [4.78, 5) is 12.4. The average molecular weight is 360 g/mol. The van der Waals surface area contributed by atoms with E-state index in [1.54, 1.807) is 31.4 Å². The number of carbonyl (C=O) groups excluding carboxylic acids is 1. The number of ether oxygens (including phenoxy) is 1. The zero-order valence-corrected chi connectivity index (χ0v) is 13.7. The zero-order chi connectivity index (χ0) is 15.7. The second-order valence-electron chi connectivity index (χ2n) is 4.88. The maximum Gasteiger partial charge on any atom is 0.291 e. The maximum absolute atomic E-state index is 12.4. The predicted molar refractivity (Wildman–Crippen MR) is 89.6 cm³/mol. The van der Waals surface area contributed by atoms with Crippen molar-refractivity contribution in [1.82, 2.24) is 0 Å². The number of hydrogen-bond donors (Lipinski definition) is 1. The summed E-state index contributed by atoms with van der Waals surface area (Å²) in [5.41, 5.74) is 2.20. The van der Waals surface area contributed by atoms with Crippen molar-refractivity contribution < 1.29 is 13.9 Å². The third kappa shape index (κ3) is 2.72. The highest BCUT2D eigenvalue weighted by atomic mass is 79.9. The number of benzene rings is 2. The SMILES string of the molecule is COc1ccc(NC(=O)c2oc3ccc(Br)cc3c2C)cc1. The Hall–Kier alpha value is -2.27. The van der Waals surface area contributed by atoms with Gasteiger partial charge in [-0.1, -0.05) is 15.9 Å². The van der Waals surface area contributed by atoms with Gasteiger partial charge in [0.2, 0.25) is 0 Å². The van der Waals surface area contributed by atoms with Gasteiger partial charge in [0.1, 0.15) is 11.3 Å². The van der Waals surface area contributed by atoms with Crippen LogP contribution in [0.3, 0.4) is 0 Å². The van der Waals surface area contributed by atoms with Crippen molar-refractivity contribution >= 4 is 38.5 Å². The van der Waals surface area contributed by atoms with Gasteiger partial charge < -0.3 is 14.5 Å². The van der Waals surface area contributed by atoms with Crippen LogP contribution in [-0.2, 0) is 0 Å². The van der Waals surface area contributed by atoms with Crippen LogP contribution in [0.2, 0.25) is 0 Å². The topological polar surface area (TPSA) is 51.5 Å². The lowest BCUT2D eigenvalue weighted by Gasteiger charge is -2.05. The van der Waals surface area contributed by atoms with E-state index < -0.39 is 0 Å². The smallest absolute Gasteiger partial charge is 0.291 e. The molecule has 3 aromatic rings. The van der Waals surface area contributed by atoms with Gasteiger partial charge >= 0.3 is 0 Å². The summed E-state index contributed by atoms with van der Waals surface area (Å²) in [5, 5.41) is 3.75. The Morgan fingerprint density at radius 3 is 2.59 bits per heavy atom. The molecule has 0 spiro atoms. The number of fused-ring (bicyclic) bond motifs is 1. The van der Waals surface area contributed by atoms with Gasteiger partial charge in [-0.25, -0.2) is 0 Å². The molecule has 0 saturated heterocycles. The summed E-state index contributed by atoms with van der Waals surface area (Å²) in [6, 6.07) is 12.8. The molecule has 3 rings (SSSR count). The number of nitrogens with one attached hydrogen (secondary N) is 1. The van der Waals surface area contributed by atoms with Crippen molar-refractivity contribution in [3.63, 3.8) is 0 Å². The second-order valence-corrected chi connectivity index (χ2v) is 5.79. The van der Waals surface area contributed by atoms with E-state index in [0.717, 1.165) is 21.2 Å². The predicted octanol–water partition coefficient (Wildman–Crippen LogP) is 4.76. The Labute approximate surface area is 136 Å². The van der Waals surface area contributed by atoms with Crippen LogP contribution in [0, 0.1) is 6.92 Å². The molecule has 2 aromatic carbocycles. The second kappa shape index (κ2) is 5.85. The largest absolute Gasteiger partial charge is 0.497 e. The molecule has 0 atom stereocenters. The van der Waals surface area contributed by atoms with Gasteiger partial charge in [0, 0.05) is 21.1 Å². The molecule has 22 heavy (non-hydrogen) atoms. The van der Waals surface area contributed by atoms with Crippen molar-refractivity contribution in [2.45, 2.75) is 6.92 Å². The van der Waals surface area contributed by atoms with Crippen LogP contribution in [0.25, 0.3) is 11.0 Å². The van der Waals surface area contributed by atoms with Crippen LogP contribution in [-0.4, -0.2) is 13.0 Å². The first-order valence-electron chi connectivity index (χ1n) is 6.72. The molecule has 112 valence electrons. The quantitative estimate of drug-likeness (QED) is 0.732. The van der Waals surface area contributed by atoms with Crippen LogP contribution < -0.4 is 10.1 Å². The van der Waals surface area contributed by atoms with Crippen LogP contribution >= 0.6 is 15.9 Å². The minimum absolute atomic E-state index is 0.269. The molecule has 5 heteroatoms. The van der Waals surface area contributed by atoms with Crippen molar-refractivity contribution in [3.8, 4) is 5.75 Å². The Balaban J connectivity index is 1.89. The van der Waals surface area contributed by atoms with E-state index in [1.165, 1.54) is 0 Å². The van der Waals surface area contributed by atoms with Crippen molar-refractivity contribution in [2.24, 2.45) is 0 Å². The summed E-state index contributed by atoms with van der Waals surface area (Å²) in [6.07, 6.45) is 0. The van der Waals surface area contributed by atoms with E-state index in [4.69, 9.17) is 9.15 Å². The molecule has 0 aliphatic rings. The van der Waals surface area contributed by atoms with E-state index in [0.29, 0.717) is 17.0 Å². The number of rotatable bonds is 3. The molecule has 0 aliphatic carbocycles. The Kier molecular flexibility index (Phi) is 3.90. The molecule has 1 amide bonds. The van der Waals surface area contributed by atoms with E-state index in [-0.39, 0.29) is 5.91 Å². The summed E-state index contributed by atoms with van der Waals surface area (Å²) in [7, 11) is 1.60.